The average molecular weight is 507 g/mol. The van der Waals surface area contributed by atoms with Gasteiger partial charge in [0.25, 0.3) is 0 Å². The minimum Gasteiger partial charge on any atom is -0.469 e. The molecule has 0 bridgehead atoms. The standard InChI is InChI=1S/C32H44NO2S/c1-9-12-13-25-16-17-33-27(19-25)30-29(24(8)28(36-30)15-14-21(4)5)26(20-32(33,10-2)11-3)31-34-22(6)18-23(7)35-31/h14-19,22,26,31H,4,9-13,20H2,1-3,5-8H3/q+1. The van der Waals surface area contributed by atoms with Gasteiger partial charge < -0.3 is 9.47 Å². The van der Waals surface area contributed by atoms with Crippen LogP contribution in [-0.2, 0) is 21.4 Å². The number of allylic oxidation sites excluding steroid dienone is 3. The molecule has 0 spiro atoms. The molecule has 4 rings (SSSR count). The second-order valence-electron chi connectivity index (χ2n) is 10.8. The van der Waals surface area contributed by atoms with Crippen LogP contribution in [0.4, 0.5) is 0 Å². The maximum absolute atomic E-state index is 6.49. The van der Waals surface area contributed by atoms with E-state index in [4.69, 9.17) is 9.47 Å². The van der Waals surface area contributed by atoms with E-state index in [-0.39, 0.29) is 23.9 Å². The van der Waals surface area contributed by atoms with Crippen molar-refractivity contribution in [3.63, 3.8) is 0 Å². The first kappa shape index (κ1) is 26.9. The number of ether oxygens (including phenoxy) is 2. The lowest BCUT2D eigenvalue weighted by atomic mass is 9.79. The zero-order valence-electron chi connectivity index (χ0n) is 23.3. The second-order valence-corrected chi connectivity index (χ2v) is 11.8. The highest BCUT2D eigenvalue weighted by atomic mass is 32.1. The van der Waals surface area contributed by atoms with E-state index in [1.807, 2.05) is 11.3 Å². The Labute approximate surface area is 222 Å². The highest BCUT2D eigenvalue weighted by Gasteiger charge is 2.49. The van der Waals surface area contributed by atoms with Gasteiger partial charge in [0, 0.05) is 36.3 Å². The molecule has 0 aromatic carbocycles. The Bertz CT molecular complexity index is 1170. The minimum atomic E-state index is -0.290. The largest absolute Gasteiger partial charge is 0.469 e. The molecule has 36 heavy (non-hydrogen) atoms. The first-order valence-electron chi connectivity index (χ1n) is 13.8. The van der Waals surface area contributed by atoms with Gasteiger partial charge in [0.2, 0.25) is 12.0 Å². The maximum atomic E-state index is 6.49. The molecule has 3 nitrogen and oxygen atoms in total. The van der Waals surface area contributed by atoms with Crippen molar-refractivity contribution in [3.05, 3.63) is 70.0 Å². The molecule has 0 amide bonds. The highest BCUT2D eigenvalue weighted by molar-refractivity contribution is 7.16. The molecule has 3 unspecified atom stereocenters. The summed E-state index contributed by atoms with van der Waals surface area (Å²) in [7, 11) is 0. The van der Waals surface area contributed by atoms with Gasteiger partial charge in [0.15, 0.2) is 11.7 Å². The van der Waals surface area contributed by atoms with Crippen LogP contribution in [0.3, 0.4) is 0 Å². The van der Waals surface area contributed by atoms with Crippen molar-refractivity contribution in [2.75, 3.05) is 0 Å². The summed E-state index contributed by atoms with van der Waals surface area (Å²) in [4.78, 5) is 2.67. The van der Waals surface area contributed by atoms with Crippen molar-refractivity contribution >= 4 is 17.4 Å². The molecule has 3 atom stereocenters. The first-order valence-corrected chi connectivity index (χ1v) is 14.6. The van der Waals surface area contributed by atoms with E-state index < -0.39 is 0 Å². The molecule has 194 valence electrons. The van der Waals surface area contributed by atoms with E-state index in [0.717, 1.165) is 37.0 Å². The lowest BCUT2D eigenvalue weighted by Gasteiger charge is -2.36. The van der Waals surface area contributed by atoms with E-state index in [0.29, 0.717) is 0 Å². The number of unbranched alkanes of at least 4 members (excludes halogenated alkanes) is 1. The number of aromatic nitrogens is 1. The zero-order valence-corrected chi connectivity index (χ0v) is 24.1. The van der Waals surface area contributed by atoms with Crippen molar-refractivity contribution in [1.82, 2.24) is 0 Å². The summed E-state index contributed by atoms with van der Waals surface area (Å²) in [6.45, 7) is 19.5. The number of rotatable bonds is 8. The van der Waals surface area contributed by atoms with Crippen LogP contribution in [-0.4, -0.2) is 12.4 Å². The van der Waals surface area contributed by atoms with E-state index in [2.05, 4.69) is 96.2 Å². The molecule has 0 radical (unpaired) electrons. The van der Waals surface area contributed by atoms with Gasteiger partial charge in [-0.2, -0.15) is 4.57 Å². The number of aryl methyl sites for hydroxylation is 1. The number of nitrogens with zero attached hydrogens (tertiary/aromatic N) is 1. The van der Waals surface area contributed by atoms with E-state index in [1.54, 1.807) is 0 Å². The molecular weight excluding hydrogens is 462 g/mol. The lowest BCUT2D eigenvalue weighted by molar-refractivity contribution is -0.757. The molecule has 4 heterocycles. The fraction of sp³-hybridized carbons (Fsp3) is 0.531. The van der Waals surface area contributed by atoms with Gasteiger partial charge >= 0.3 is 0 Å². The lowest BCUT2D eigenvalue weighted by Crippen LogP contribution is -2.57. The number of fused-ring (bicyclic) bond motifs is 3. The van der Waals surface area contributed by atoms with Crippen molar-refractivity contribution in [2.24, 2.45) is 0 Å². The van der Waals surface area contributed by atoms with Gasteiger partial charge in [-0.05, 0) is 69.4 Å². The second kappa shape index (κ2) is 11.1. The van der Waals surface area contributed by atoms with Crippen molar-refractivity contribution in [2.45, 2.75) is 111 Å². The van der Waals surface area contributed by atoms with Gasteiger partial charge in [-0.15, -0.1) is 11.3 Å². The molecule has 0 fully saturated rings. The zero-order chi connectivity index (χ0) is 26.0. The van der Waals surface area contributed by atoms with Crippen LogP contribution in [0.15, 0.2) is 48.4 Å². The van der Waals surface area contributed by atoms with Crippen LogP contribution in [0.25, 0.3) is 16.6 Å². The SMILES string of the molecule is C=C(C)C=Cc1sc2c(c1C)C(C1OC(C)=CC(C)O1)CC(CC)(CC)[n+]1ccc(CCCC)cc1-2. The summed E-state index contributed by atoms with van der Waals surface area (Å²) in [6.07, 6.45) is 15.2. The number of hydrogen-bond acceptors (Lipinski definition) is 3. The summed E-state index contributed by atoms with van der Waals surface area (Å²) in [5, 5.41) is 0. The Balaban J connectivity index is 1.97. The molecule has 2 aromatic heterocycles. The summed E-state index contributed by atoms with van der Waals surface area (Å²) < 4.78 is 15.5. The normalized spacial score (nSPS) is 23.0. The minimum absolute atomic E-state index is 0.00714. The Morgan fingerprint density at radius 1 is 1.25 bits per heavy atom. The third-order valence-electron chi connectivity index (χ3n) is 8.07. The van der Waals surface area contributed by atoms with Crippen LogP contribution < -0.4 is 4.57 Å². The Morgan fingerprint density at radius 2 is 2.00 bits per heavy atom. The number of hydrogen-bond donors (Lipinski definition) is 0. The molecule has 2 aromatic rings. The quantitative estimate of drug-likeness (QED) is 0.264. The molecule has 4 heteroatoms. The van der Waals surface area contributed by atoms with E-state index in [9.17, 15) is 0 Å². The van der Waals surface area contributed by atoms with Crippen LogP contribution >= 0.6 is 11.3 Å². The molecule has 0 N–H and O–H groups in total. The van der Waals surface area contributed by atoms with Gasteiger partial charge in [0.1, 0.15) is 4.88 Å². The van der Waals surface area contributed by atoms with Crippen LogP contribution in [0.2, 0.25) is 0 Å². The Morgan fingerprint density at radius 3 is 2.64 bits per heavy atom. The molecular formula is C32H44NO2S+. The van der Waals surface area contributed by atoms with Crippen molar-refractivity contribution < 1.29 is 14.0 Å². The monoisotopic (exact) mass is 506 g/mol. The van der Waals surface area contributed by atoms with Crippen molar-refractivity contribution in [1.29, 1.82) is 0 Å². The first-order chi connectivity index (χ1) is 17.2. The van der Waals surface area contributed by atoms with Gasteiger partial charge in [0.05, 0.1) is 17.8 Å². The van der Waals surface area contributed by atoms with E-state index >= 15 is 0 Å². The predicted octanol–water partition coefficient (Wildman–Crippen LogP) is 8.61. The smallest absolute Gasteiger partial charge is 0.223 e. The summed E-state index contributed by atoms with van der Waals surface area (Å²) >= 11 is 1.91. The van der Waals surface area contributed by atoms with Crippen LogP contribution in [0, 0.1) is 6.92 Å². The summed E-state index contributed by atoms with van der Waals surface area (Å²) in [5.41, 5.74) is 6.60. The molecule has 0 aliphatic carbocycles. The van der Waals surface area contributed by atoms with Crippen LogP contribution in [0.5, 0.6) is 0 Å². The van der Waals surface area contributed by atoms with Gasteiger partial charge in [-0.3, -0.25) is 0 Å². The third kappa shape index (κ3) is 5.13. The van der Waals surface area contributed by atoms with Gasteiger partial charge in [-0.25, -0.2) is 0 Å². The topological polar surface area (TPSA) is 22.3 Å². The fourth-order valence-electron chi connectivity index (χ4n) is 5.96. The Kier molecular flexibility index (Phi) is 8.26. The number of thiophene rings is 1. The summed E-state index contributed by atoms with van der Waals surface area (Å²) in [6, 6.07) is 4.82. The molecule has 2 aliphatic rings. The van der Waals surface area contributed by atoms with Crippen LogP contribution in [0.1, 0.15) is 101 Å². The maximum Gasteiger partial charge on any atom is 0.223 e. The molecule has 2 aliphatic heterocycles. The average Bonchev–Trinajstić information content (AvgIpc) is 3.11. The van der Waals surface area contributed by atoms with Gasteiger partial charge in [-0.1, -0.05) is 45.4 Å². The summed E-state index contributed by atoms with van der Waals surface area (Å²) in [5.74, 6) is 1.11. The molecule has 0 saturated heterocycles. The predicted molar refractivity (Wildman–Crippen MR) is 152 cm³/mol. The third-order valence-corrected chi connectivity index (χ3v) is 9.36. The van der Waals surface area contributed by atoms with E-state index in [1.165, 1.54) is 45.0 Å². The molecule has 0 saturated carbocycles. The highest BCUT2D eigenvalue weighted by Crippen LogP contribution is 2.50. The number of pyridine rings is 1. The fourth-order valence-corrected chi connectivity index (χ4v) is 7.25. The Hall–Kier alpha value is -2.17. The van der Waals surface area contributed by atoms with Crippen molar-refractivity contribution in [3.8, 4) is 10.6 Å².